The molecule has 5 rings (SSSR count). The van der Waals surface area contributed by atoms with Gasteiger partial charge in [0, 0.05) is 45.4 Å². The number of piperidine rings is 1. The van der Waals surface area contributed by atoms with Gasteiger partial charge in [0.05, 0.1) is 13.1 Å². The highest BCUT2D eigenvalue weighted by atomic mass is 16.5. The van der Waals surface area contributed by atoms with Crippen molar-refractivity contribution in [3.63, 3.8) is 0 Å². The van der Waals surface area contributed by atoms with Gasteiger partial charge in [0.1, 0.15) is 12.0 Å². The first-order valence-electron chi connectivity index (χ1n) is 11.7. The number of hydrogen-bond donors (Lipinski definition) is 1. The molecule has 0 spiro atoms. The van der Waals surface area contributed by atoms with Gasteiger partial charge < -0.3 is 18.9 Å². The quantitative estimate of drug-likeness (QED) is 0.618. The van der Waals surface area contributed by atoms with Crippen LogP contribution in [0.3, 0.4) is 0 Å². The first-order valence-corrected chi connectivity index (χ1v) is 11.7. The summed E-state index contributed by atoms with van der Waals surface area (Å²) in [6.07, 6.45) is 6.62. The van der Waals surface area contributed by atoms with Crippen molar-refractivity contribution in [2.75, 3.05) is 25.0 Å². The summed E-state index contributed by atoms with van der Waals surface area (Å²) in [4.78, 5) is 25.5. The molecule has 1 N–H and O–H groups in total. The van der Waals surface area contributed by atoms with Crippen molar-refractivity contribution in [3.05, 3.63) is 59.5 Å². The molecule has 1 amide bonds. The fraction of sp³-hybridized carbons (Fsp3) is 0.500. The minimum Gasteiger partial charge on any atom is -0.338 e. The lowest BCUT2D eigenvalue weighted by molar-refractivity contribution is -0.133. The van der Waals surface area contributed by atoms with Gasteiger partial charge in [-0.1, -0.05) is 24.3 Å². The number of carbonyl (C=O) groups excluding carboxylic acids is 1. The third-order valence-corrected chi connectivity index (χ3v) is 6.94. The minimum atomic E-state index is -0.0491. The van der Waals surface area contributed by atoms with Crippen LogP contribution in [0.1, 0.15) is 48.0 Å². The molecule has 2 aliphatic rings. The van der Waals surface area contributed by atoms with Gasteiger partial charge in [-0.05, 0) is 42.0 Å². The number of rotatable bonds is 6. The predicted molar refractivity (Wildman–Crippen MR) is 124 cm³/mol. The SMILES string of the molecule is Cc1ccccc1C1CCN(c2noc(CCC(=O)N(C)C3Cn4ccnc4CN3)n2)CC1. The second kappa shape index (κ2) is 9.35. The van der Waals surface area contributed by atoms with E-state index in [-0.39, 0.29) is 12.1 Å². The van der Waals surface area contributed by atoms with E-state index >= 15 is 0 Å². The number of carbonyl (C=O) groups is 1. The normalized spacial score (nSPS) is 18.8. The summed E-state index contributed by atoms with van der Waals surface area (Å²) in [6.45, 7) is 5.35. The number of nitrogens with zero attached hydrogens (tertiary/aromatic N) is 6. The lowest BCUT2D eigenvalue weighted by Gasteiger charge is -2.33. The fourth-order valence-electron chi connectivity index (χ4n) is 4.87. The monoisotopic (exact) mass is 449 g/mol. The smallest absolute Gasteiger partial charge is 0.266 e. The number of imidazole rings is 1. The van der Waals surface area contributed by atoms with E-state index in [0.29, 0.717) is 43.7 Å². The molecule has 0 bridgehead atoms. The van der Waals surface area contributed by atoms with E-state index in [1.165, 1.54) is 11.1 Å². The van der Waals surface area contributed by atoms with Crippen LogP contribution < -0.4 is 10.2 Å². The Morgan fingerprint density at radius 1 is 1.27 bits per heavy atom. The highest BCUT2D eigenvalue weighted by molar-refractivity contribution is 5.76. The second-order valence-corrected chi connectivity index (χ2v) is 9.00. The highest BCUT2D eigenvalue weighted by Gasteiger charge is 2.26. The number of amides is 1. The maximum Gasteiger partial charge on any atom is 0.266 e. The summed E-state index contributed by atoms with van der Waals surface area (Å²) in [5.41, 5.74) is 2.81. The molecular formula is C24H31N7O2. The zero-order valence-electron chi connectivity index (χ0n) is 19.3. The molecule has 2 aromatic heterocycles. The molecule has 1 unspecified atom stereocenters. The lowest BCUT2D eigenvalue weighted by Crippen LogP contribution is -2.51. The molecule has 174 valence electrons. The minimum absolute atomic E-state index is 0.0491. The molecule has 1 saturated heterocycles. The van der Waals surface area contributed by atoms with E-state index in [1.807, 2.05) is 13.2 Å². The van der Waals surface area contributed by atoms with Crippen LogP contribution >= 0.6 is 0 Å². The van der Waals surface area contributed by atoms with Crippen LogP contribution in [0.5, 0.6) is 0 Å². The number of benzene rings is 1. The summed E-state index contributed by atoms with van der Waals surface area (Å²) in [5, 5.41) is 7.55. The number of fused-ring (bicyclic) bond motifs is 1. The Bertz CT molecular complexity index is 1100. The number of aryl methyl sites for hydroxylation is 2. The molecule has 2 aliphatic heterocycles. The van der Waals surface area contributed by atoms with Gasteiger partial charge >= 0.3 is 0 Å². The fourth-order valence-corrected chi connectivity index (χ4v) is 4.87. The first-order chi connectivity index (χ1) is 16.1. The van der Waals surface area contributed by atoms with Gasteiger partial charge in [0.25, 0.3) is 5.95 Å². The van der Waals surface area contributed by atoms with Crippen LogP contribution in [-0.2, 0) is 24.3 Å². The Morgan fingerprint density at radius 2 is 2.09 bits per heavy atom. The van der Waals surface area contributed by atoms with Gasteiger partial charge in [-0.3, -0.25) is 10.1 Å². The Morgan fingerprint density at radius 3 is 2.91 bits per heavy atom. The van der Waals surface area contributed by atoms with Crippen molar-refractivity contribution in [1.82, 2.24) is 29.9 Å². The van der Waals surface area contributed by atoms with Crippen molar-refractivity contribution in [2.24, 2.45) is 0 Å². The van der Waals surface area contributed by atoms with E-state index < -0.39 is 0 Å². The standard InChI is InChI=1S/C24H31N7O2/c1-17-5-3-4-6-19(17)18-9-12-30(13-10-18)24-27-22(33-28-24)7-8-23(32)29(2)21-16-31-14-11-25-20(31)15-26-21/h3-6,11,14,18,21,26H,7-10,12-13,15-16H2,1-2H3. The van der Waals surface area contributed by atoms with Crippen molar-refractivity contribution >= 4 is 11.9 Å². The van der Waals surface area contributed by atoms with Crippen molar-refractivity contribution in [3.8, 4) is 0 Å². The number of nitrogens with one attached hydrogen (secondary N) is 1. The number of anilines is 1. The Labute approximate surface area is 193 Å². The zero-order valence-corrected chi connectivity index (χ0v) is 19.3. The Kier molecular flexibility index (Phi) is 6.13. The Hall–Kier alpha value is -3.20. The van der Waals surface area contributed by atoms with E-state index in [1.54, 1.807) is 11.1 Å². The molecule has 1 fully saturated rings. The molecule has 33 heavy (non-hydrogen) atoms. The molecule has 0 saturated carbocycles. The van der Waals surface area contributed by atoms with E-state index in [9.17, 15) is 4.79 Å². The number of hydrogen-bond acceptors (Lipinski definition) is 7. The van der Waals surface area contributed by atoms with Crippen LogP contribution in [0, 0.1) is 6.92 Å². The van der Waals surface area contributed by atoms with Gasteiger partial charge in [-0.25, -0.2) is 4.98 Å². The van der Waals surface area contributed by atoms with Gasteiger partial charge in [-0.15, -0.1) is 0 Å². The van der Waals surface area contributed by atoms with E-state index in [2.05, 4.69) is 61.1 Å². The summed E-state index contributed by atoms with van der Waals surface area (Å²) in [6, 6.07) is 8.65. The van der Waals surface area contributed by atoms with Crippen LogP contribution in [0.15, 0.2) is 41.2 Å². The molecule has 9 heteroatoms. The largest absolute Gasteiger partial charge is 0.338 e. The number of likely N-dealkylation sites (N-methyl/N-ethyl adjacent to an activating group) is 1. The van der Waals surface area contributed by atoms with Crippen LogP contribution in [0.25, 0.3) is 0 Å². The average Bonchev–Trinajstić information content (AvgIpc) is 3.52. The summed E-state index contributed by atoms with van der Waals surface area (Å²) >= 11 is 0. The van der Waals surface area contributed by atoms with Crippen molar-refractivity contribution < 1.29 is 9.32 Å². The van der Waals surface area contributed by atoms with Gasteiger partial charge in [0.2, 0.25) is 11.8 Å². The molecule has 0 aliphatic carbocycles. The topological polar surface area (TPSA) is 92.3 Å². The molecule has 0 radical (unpaired) electrons. The third kappa shape index (κ3) is 4.64. The maximum absolute atomic E-state index is 12.7. The Balaban J connectivity index is 1.11. The molecule has 3 aromatic rings. The molecule has 4 heterocycles. The predicted octanol–water partition coefficient (Wildman–Crippen LogP) is 2.48. The molecular weight excluding hydrogens is 418 g/mol. The van der Waals surface area contributed by atoms with E-state index in [0.717, 1.165) is 31.8 Å². The van der Waals surface area contributed by atoms with Crippen molar-refractivity contribution in [2.45, 2.75) is 57.8 Å². The zero-order chi connectivity index (χ0) is 22.8. The number of aromatic nitrogens is 4. The molecule has 9 nitrogen and oxygen atoms in total. The highest BCUT2D eigenvalue weighted by Crippen LogP contribution is 2.31. The lowest BCUT2D eigenvalue weighted by atomic mass is 9.87. The summed E-state index contributed by atoms with van der Waals surface area (Å²) in [7, 11) is 1.83. The summed E-state index contributed by atoms with van der Waals surface area (Å²) in [5.74, 6) is 2.77. The molecule has 1 aromatic carbocycles. The van der Waals surface area contributed by atoms with Crippen LogP contribution in [0.4, 0.5) is 5.95 Å². The first kappa shape index (κ1) is 21.6. The van der Waals surface area contributed by atoms with E-state index in [4.69, 9.17) is 4.52 Å². The maximum atomic E-state index is 12.7. The van der Waals surface area contributed by atoms with Gasteiger partial charge in [-0.2, -0.15) is 4.98 Å². The van der Waals surface area contributed by atoms with Crippen LogP contribution in [-0.4, -0.2) is 56.8 Å². The second-order valence-electron chi connectivity index (χ2n) is 9.00. The molecule has 1 atom stereocenters. The van der Waals surface area contributed by atoms with Crippen molar-refractivity contribution in [1.29, 1.82) is 0 Å². The van der Waals surface area contributed by atoms with Gasteiger partial charge in [0.15, 0.2) is 0 Å². The van der Waals surface area contributed by atoms with Crippen LogP contribution in [0.2, 0.25) is 0 Å². The summed E-state index contributed by atoms with van der Waals surface area (Å²) < 4.78 is 7.54. The third-order valence-electron chi connectivity index (χ3n) is 6.94. The average molecular weight is 450 g/mol.